The molecule has 0 saturated heterocycles. The lowest BCUT2D eigenvalue weighted by Gasteiger charge is -2.16. The van der Waals surface area contributed by atoms with Gasteiger partial charge in [-0.25, -0.2) is 17.9 Å². The minimum atomic E-state index is -3.88. The zero-order valence-electron chi connectivity index (χ0n) is 14.5. The third-order valence-electron chi connectivity index (χ3n) is 3.54. The van der Waals surface area contributed by atoms with E-state index in [0.717, 1.165) is 18.4 Å². The lowest BCUT2D eigenvalue weighted by Crippen LogP contribution is -2.45. The van der Waals surface area contributed by atoms with Gasteiger partial charge < -0.3 is 10.1 Å². The molecule has 0 aliphatic carbocycles. The lowest BCUT2D eigenvalue weighted by molar-refractivity contribution is -0.145. The molecule has 0 heterocycles. The molecule has 1 rings (SSSR count). The molecule has 0 spiro atoms. The van der Waals surface area contributed by atoms with Crippen molar-refractivity contribution >= 4 is 33.5 Å². The zero-order chi connectivity index (χ0) is 19.0. The van der Waals surface area contributed by atoms with E-state index in [9.17, 15) is 18.0 Å². The minimum absolute atomic E-state index is 0.0357. The van der Waals surface area contributed by atoms with Crippen LogP contribution in [-0.2, 0) is 24.3 Å². The number of nitrogens with one attached hydrogen (secondary N) is 2. The first-order chi connectivity index (χ1) is 11.7. The monoisotopic (exact) mass is 390 g/mol. The predicted molar refractivity (Wildman–Crippen MR) is 94.8 cm³/mol. The number of methoxy groups -OCH3 is 1. The second-order valence-corrected chi connectivity index (χ2v) is 7.70. The van der Waals surface area contributed by atoms with Gasteiger partial charge in [-0.1, -0.05) is 37.4 Å². The average Bonchev–Trinajstić information content (AvgIpc) is 2.58. The van der Waals surface area contributed by atoms with Crippen LogP contribution < -0.4 is 10.0 Å². The van der Waals surface area contributed by atoms with Crippen LogP contribution in [0.5, 0.6) is 0 Å². The zero-order valence-corrected chi connectivity index (χ0v) is 16.0. The summed E-state index contributed by atoms with van der Waals surface area (Å²) in [5.74, 6) is -1.18. The Hall–Kier alpha value is -1.64. The number of hydrogen-bond acceptors (Lipinski definition) is 5. The fraction of sp³-hybridized carbons (Fsp3) is 0.500. The molecule has 1 unspecified atom stereocenters. The molecule has 25 heavy (non-hydrogen) atoms. The summed E-state index contributed by atoms with van der Waals surface area (Å²) in [6, 6.07) is 3.50. The van der Waals surface area contributed by atoms with Gasteiger partial charge in [-0.05, 0) is 31.0 Å². The third kappa shape index (κ3) is 6.64. The molecule has 0 aliphatic rings. The van der Waals surface area contributed by atoms with Crippen LogP contribution in [0.1, 0.15) is 31.7 Å². The number of carbonyl (C=O) groups is 2. The quantitative estimate of drug-likeness (QED) is 0.626. The van der Waals surface area contributed by atoms with Crippen LogP contribution in [0.3, 0.4) is 0 Å². The van der Waals surface area contributed by atoms with Gasteiger partial charge in [0.05, 0.1) is 18.6 Å². The number of halogens is 1. The highest BCUT2D eigenvalue weighted by Crippen LogP contribution is 2.19. The summed E-state index contributed by atoms with van der Waals surface area (Å²) in [6.07, 6.45) is 2.01. The van der Waals surface area contributed by atoms with Crippen LogP contribution in [0.4, 0.5) is 0 Å². The van der Waals surface area contributed by atoms with Crippen molar-refractivity contribution in [1.29, 1.82) is 0 Å². The van der Waals surface area contributed by atoms with Crippen LogP contribution in [-0.4, -0.2) is 40.0 Å². The van der Waals surface area contributed by atoms with E-state index >= 15 is 0 Å². The fourth-order valence-electron chi connectivity index (χ4n) is 2.03. The normalized spacial score (nSPS) is 12.5. The Bertz CT molecular complexity index is 721. The highest BCUT2D eigenvalue weighted by Gasteiger charge is 2.22. The van der Waals surface area contributed by atoms with E-state index in [1.165, 1.54) is 19.2 Å². The van der Waals surface area contributed by atoms with Crippen molar-refractivity contribution in [1.82, 2.24) is 10.0 Å². The van der Waals surface area contributed by atoms with Crippen LogP contribution in [0.15, 0.2) is 23.1 Å². The Morgan fingerprint density at radius 3 is 2.56 bits per heavy atom. The lowest BCUT2D eigenvalue weighted by atomic mass is 10.1. The molecule has 0 fully saturated rings. The van der Waals surface area contributed by atoms with Gasteiger partial charge in [0.1, 0.15) is 6.04 Å². The van der Waals surface area contributed by atoms with Gasteiger partial charge >= 0.3 is 5.97 Å². The molecular weight excluding hydrogens is 368 g/mol. The molecule has 0 aromatic heterocycles. The van der Waals surface area contributed by atoms with Crippen LogP contribution in [0.25, 0.3) is 0 Å². The molecular formula is C16H23ClN2O5S. The highest BCUT2D eigenvalue weighted by atomic mass is 35.5. The van der Waals surface area contributed by atoms with E-state index in [1.54, 1.807) is 13.0 Å². The molecule has 0 radical (unpaired) electrons. The Labute approximate surface area is 153 Å². The SMILES string of the molecule is CCCCC(NC(=O)CNS(=O)(=O)c1ccc(C)c(Cl)c1)C(=O)OC. The van der Waals surface area contributed by atoms with Crippen molar-refractivity contribution in [3.05, 3.63) is 28.8 Å². The van der Waals surface area contributed by atoms with Gasteiger partial charge in [0.25, 0.3) is 0 Å². The van der Waals surface area contributed by atoms with Crippen LogP contribution >= 0.6 is 11.6 Å². The van der Waals surface area contributed by atoms with Crippen molar-refractivity contribution in [2.24, 2.45) is 0 Å². The van der Waals surface area contributed by atoms with E-state index in [0.29, 0.717) is 11.4 Å². The number of amides is 1. The standard InChI is InChI=1S/C16H23ClN2O5S/c1-4-5-6-14(16(21)24-3)19-15(20)10-18-25(22,23)12-8-7-11(2)13(17)9-12/h7-9,14,18H,4-6,10H2,1-3H3,(H,19,20). The first kappa shape index (κ1) is 21.4. The summed E-state index contributed by atoms with van der Waals surface area (Å²) < 4.78 is 31.2. The van der Waals surface area contributed by atoms with Gasteiger partial charge in [-0.15, -0.1) is 0 Å². The largest absolute Gasteiger partial charge is 0.467 e. The topological polar surface area (TPSA) is 102 Å². The summed E-state index contributed by atoms with van der Waals surface area (Å²) in [4.78, 5) is 23.6. The molecule has 1 amide bonds. The smallest absolute Gasteiger partial charge is 0.328 e. The molecule has 0 saturated carbocycles. The van der Waals surface area contributed by atoms with Gasteiger partial charge in [-0.2, -0.15) is 0 Å². The van der Waals surface area contributed by atoms with Crippen LogP contribution in [0, 0.1) is 6.92 Å². The molecule has 2 N–H and O–H groups in total. The maximum absolute atomic E-state index is 12.2. The van der Waals surface area contributed by atoms with Crippen LogP contribution in [0.2, 0.25) is 5.02 Å². The maximum Gasteiger partial charge on any atom is 0.328 e. The number of benzene rings is 1. The molecule has 0 bridgehead atoms. The highest BCUT2D eigenvalue weighted by molar-refractivity contribution is 7.89. The van der Waals surface area contributed by atoms with E-state index in [-0.39, 0.29) is 4.90 Å². The van der Waals surface area contributed by atoms with E-state index in [1.807, 2.05) is 6.92 Å². The molecule has 9 heteroatoms. The molecule has 1 aromatic rings. The number of unbranched alkanes of at least 4 members (excludes halogenated alkanes) is 1. The number of ether oxygens (including phenoxy) is 1. The van der Waals surface area contributed by atoms with Crippen molar-refractivity contribution < 1.29 is 22.7 Å². The molecule has 1 atom stereocenters. The molecule has 140 valence electrons. The summed E-state index contributed by atoms with van der Waals surface area (Å²) in [6.45, 7) is 3.22. The molecule has 1 aromatic carbocycles. The summed E-state index contributed by atoms with van der Waals surface area (Å²) in [7, 11) is -2.65. The van der Waals surface area contributed by atoms with Gasteiger partial charge in [0, 0.05) is 5.02 Å². The summed E-state index contributed by atoms with van der Waals surface area (Å²) >= 11 is 5.93. The Balaban J connectivity index is 2.69. The second-order valence-electron chi connectivity index (χ2n) is 5.52. The fourth-order valence-corrected chi connectivity index (χ4v) is 3.28. The van der Waals surface area contributed by atoms with E-state index in [4.69, 9.17) is 11.6 Å². The number of esters is 1. The van der Waals surface area contributed by atoms with Gasteiger partial charge in [0.2, 0.25) is 15.9 Å². The van der Waals surface area contributed by atoms with E-state index < -0.39 is 34.5 Å². The maximum atomic E-state index is 12.2. The number of rotatable bonds is 9. The molecule has 0 aliphatic heterocycles. The number of hydrogen-bond donors (Lipinski definition) is 2. The first-order valence-corrected chi connectivity index (χ1v) is 9.70. The average molecular weight is 391 g/mol. The van der Waals surface area contributed by atoms with Gasteiger partial charge in [-0.3, -0.25) is 4.79 Å². The van der Waals surface area contributed by atoms with Crippen molar-refractivity contribution in [2.45, 2.75) is 44.0 Å². The minimum Gasteiger partial charge on any atom is -0.467 e. The van der Waals surface area contributed by atoms with Crippen molar-refractivity contribution in [3.63, 3.8) is 0 Å². The Morgan fingerprint density at radius 1 is 1.32 bits per heavy atom. The molecule has 7 nitrogen and oxygen atoms in total. The van der Waals surface area contributed by atoms with Crippen molar-refractivity contribution in [3.8, 4) is 0 Å². The Kier molecular flexibility index (Phi) is 8.34. The van der Waals surface area contributed by atoms with Gasteiger partial charge in [0.15, 0.2) is 0 Å². The number of aryl methyl sites for hydroxylation is 1. The van der Waals surface area contributed by atoms with Crippen molar-refractivity contribution in [2.75, 3.05) is 13.7 Å². The Morgan fingerprint density at radius 2 is 2.00 bits per heavy atom. The predicted octanol–water partition coefficient (Wildman–Crippen LogP) is 1.77. The van der Waals surface area contributed by atoms with E-state index in [2.05, 4.69) is 14.8 Å². The second kappa shape index (κ2) is 9.74. The number of carbonyl (C=O) groups excluding carboxylic acids is 2. The first-order valence-electron chi connectivity index (χ1n) is 7.84. The third-order valence-corrected chi connectivity index (χ3v) is 5.35. The summed E-state index contributed by atoms with van der Waals surface area (Å²) in [5, 5.41) is 2.80. The number of sulfonamides is 1. The summed E-state index contributed by atoms with van der Waals surface area (Å²) in [5.41, 5.74) is 0.746.